The van der Waals surface area contributed by atoms with E-state index in [0.717, 1.165) is 0 Å². The largest absolute Gasteiger partial charge is 4.00 e. The first-order valence-corrected chi connectivity index (χ1v) is 0. The van der Waals surface area contributed by atoms with Crippen molar-refractivity contribution < 1.29 is 2470 Å². The average molecular weight is 16900 g/mol. The fourth-order valence-electron chi connectivity index (χ4n) is 0. The van der Waals surface area contributed by atoms with E-state index >= 15 is 0 Å². The van der Waals surface area contributed by atoms with Crippen LogP contribution in [-0.2, 0) is 2470 Å². The molecule has 102 heavy (non-hydrogen) atoms. The molecule has 0 heterocycles. The molecule has 0 fully saturated rings. The van der Waals surface area contributed by atoms with Gasteiger partial charge in [-0.25, -0.2) is 0 Å². The van der Waals surface area contributed by atoms with Crippen LogP contribution in [0.1, 0.15) is 0 Å². The molecule has 0 bridgehead atoms. The van der Waals surface area contributed by atoms with E-state index < -0.39 is 0 Å². The van der Waals surface area contributed by atoms with Gasteiger partial charge in [0.25, 0.3) is 0 Å². The molecule has 0 unspecified atom stereocenters. The van der Waals surface area contributed by atoms with Gasteiger partial charge in [0.1, 0.15) is 0 Å². The number of hydrogen-bond donors (Lipinski definition) is 0. The maximum atomic E-state index is 0. The van der Waals surface area contributed by atoms with Gasteiger partial charge < -0.3 is 43.8 Å². The zero-order valence-electron chi connectivity index (χ0n) is 50.3. The van der Waals surface area contributed by atoms with Crippen molar-refractivity contribution in [3.05, 3.63) is 0 Å². The number of hydrogen-bond acceptors (Lipinski definition) is 0. The minimum atomic E-state index is 0. The second kappa shape index (κ2) is 905. The molecule has 0 saturated heterocycles. The Bertz CT molecular complexity index is 40.5. The van der Waals surface area contributed by atoms with Crippen LogP contribution in [-0.4, -0.2) is 0 Å². The minimum absolute atomic E-state index is 0. The van der Waals surface area contributed by atoms with E-state index in [2.05, 4.69) is 0 Å². The molecule has 64 valence electrons. The molecule has 0 rings (SSSR count). The molecule has 0 atom stereocenters. The van der Waals surface area contributed by atoms with Crippen LogP contribution in [0, 0.1) is 0 Å². The van der Waals surface area contributed by atoms with Crippen LogP contribution in [0.25, 0.3) is 0 Å². The fourth-order valence-corrected chi connectivity index (χ4v) is 0. The van der Waals surface area contributed by atoms with Gasteiger partial charge >= 0.3 is 2430 Å². The predicted octanol–water partition coefficient (Wildman–Crippen LogP) is -1.19. The summed E-state index contributed by atoms with van der Waals surface area (Å²) < 4.78 is 0. The summed E-state index contributed by atoms with van der Waals surface area (Å²) in [6, 6.07) is 0. The molecule has 0 aromatic carbocycles. The van der Waals surface area contributed by atoms with Gasteiger partial charge in [-0.3, -0.25) is 0 Å². The minimum Gasteiger partial charge on any atom is -2.00 e. The van der Waals surface area contributed by atoms with E-state index in [-0.39, 0.29) is 2470 Å². The van der Waals surface area contributed by atoms with E-state index in [4.69, 9.17) is 0 Å². The summed E-state index contributed by atoms with van der Waals surface area (Å²) >= 11 is 0. The van der Waals surface area contributed by atoms with Crippen LogP contribution >= 0.6 is 0 Å². The smallest absolute Gasteiger partial charge is 2.00 e. The molecule has 0 radical (unpaired) electrons. The summed E-state index contributed by atoms with van der Waals surface area (Å²) in [7, 11) is 0. The first-order chi connectivity index (χ1) is 0. The molecular formula is Hf94O8+360. The van der Waals surface area contributed by atoms with Gasteiger partial charge in [0.15, 0.2) is 0 Å². The Morgan fingerprint density at radius 3 is 0.0196 bits per heavy atom. The van der Waals surface area contributed by atoms with Gasteiger partial charge in [-0.2, -0.15) is 0 Å². The van der Waals surface area contributed by atoms with E-state index in [0.29, 0.717) is 0 Å². The molecule has 8 nitrogen and oxygen atoms in total. The van der Waals surface area contributed by atoms with Crippen molar-refractivity contribution in [1.29, 1.82) is 0 Å². The predicted molar refractivity (Wildman–Crippen MR) is 5.49 cm³/mol. The molecule has 0 aliphatic carbocycles. The van der Waals surface area contributed by atoms with E-state index in [9.17, 15) is 0 Å². The van der Waals surface area contributed by atoms with Crippen molar-refractivity contribution in [3.8, 4) is 0 Å². The van der Waals surface area contributed by atoms with Crippen LogP contribution in [0.3, 0.4) is 0 Å². The van der Waals surface area contributed by atoms with Crippen molar-refractivity contribution in [1.82, 2.24) is 0 Å². The Morgan fingerprint density at radius 2 is 0.0196 bits per heavy atom. The number of rotatable bonds is 0. The van der Waals surface area contributed by atoms with Crippen LogP contribution in [0.15, 0.2) is 0 Å². The van der Waals surface area contributed by atoms with Gasteiger partial charge in [0.05, 0.1) is 0 Å². The molecule has 0 amide bonds. The molecule has 0 spiro atoms. The molecule has 0 aliphatic rings. The SMILES string of the molecule is [Hf+4].[Hf+4].[Hf+4].[Hf+4].[Hf+4].[Hf+4].[Hf+4].[Hf+4].[Hf+4].[Hf+4].[Hf+4].[Hf+4].[Hf+4].[Hf+4].[Hf+4].[Hf+4].[Hf+4].[Hf+4].[Hf+4].[Hf+4].[Hf+4].[Hf+4].[Hf+4].[Hf+4].[Hf+4].[Hf+4].[Hf+4].[Hf+4].[Hf+4].[Hf+4].[Hf+4].[Hf+4].[Hf+4].[Hf+4].[Hf+4].[Hf+4].[Hf+4].[Hf+4].[Hf+4].[Hf+4].[Hf+4].[Hf+4].[Hf+4].[Hf+4].[Hf+4].[Hf+4].[Hf+4].[Hf+4].[Hf+4].[Hf+4].[Hf+4].[Hf+4].[Hf+4].[Hf+4].[Hf+4].[Hf+4].[Hf+4].[Hf+4].[Hf+4].[Hf+4].[Hf+4].[Hf+4].[Hf+4].[Hf+4].[Hf+4].[Hf+4].[Hf+4].[Hf+4].[Hf+4].[Hf+4].[Hf+4].[Hf+4].[Hf+4].[Hf+4].[Hf+4].[Hf+4].[Hf+4].[Hf+4].[Hf+4].[Hf+4].[Hf+4].[Hf+4].[Hf+4].[Hf+4].[Hf+4].[Hf+4].[Hf+4].[Hf+4].[Hf+4].[Hf+4].[Hf+4].[Hf+4].[Hf+4].[Hf+4].[O-2].[O-2].[O-2].[O-2].[O-2].[O-2].[O-2].[O-2]. The summed E-state index contributed by atoms with van der Waals surface area (Å²) in [5.41, 5.74) is 0. The van der Waals surface area contributed by atoms with Crippen molar-refractivity contribution in [2.75, 3.05) is 0 Å². The Labute approximate surface area is 2390 Å². The summed E-state index contributed by atoms with van der Waals surface area (Å²) in [6.45, 7) is 0. The topological polar surface area (TPSA) is 228 Å². The Balaban J connectivity index is 0. The van der Waals surface area contributed by atoms with E-state index in [1.54, 1.807) is 0 Å². The first kappa shape index (κ1) is 920. The molecular weight excluding hydrogens is 16900 g/mol. The van der Waals surface area contributed by atoms with Gasteiger partial charge in [0, 0.05) is 0 Å². The summed E-state index contributed by atoms with van der Waals surface area (Å²) in [5, 5.41) is 0. The van der Waals surface area contributed by atoms with Crippen molar-refractivity contribution in [2.24, 2.45) is 0 Å². The Hall–Kier alpha value is 81.5. The van der Waals surface area contributed by atoms with Crippen LogP contribution in [0.5, 0.6) is 0 Å². The zero-order chi connectivity index (χ0) is 0. The molecule has 102 heteroatoms. The van der Waals surface area contributed by atoms with Crippen LogP contribution in [0.2, 0.25) is 0 Å². The summed E-state index contributed by atoms with van der Waals surface area (Å²) in [6.07, 6.45) is 0. The van der Waals surface area contributed by atoms with Crippen molar-refractivity contribution >= 4 is 0 Å². The molecule has 0 aromatic rings. The molecule has 0 aromatic heterocycles. The van der Waals surface area contributed by atoms with E-state index in [1.807, 2.05) is 0 Å². The normalized spacial score (nSPS) is 0. The van der Waals surface area contributed by atoms with Gasteiger partial charge in [-0.05, 0) is 0 Å². The quantitative estimate of drug-likeness (QED) is 0.261. The fraction of sp³-hybridized carbons (Fsp3) is 0. The third-order valence-electron chi connectivity index (χ3n) is 0. The first-order valence-electron chi connectivity index (χ1n) is 0. The van der Waals surface area contributed by atoms with Gasteiger partial charge in [-0.15, -0.1) is 0 Å². The maximum Gasteiger partial charge on any atom is 4.00 e. The van der Waals surface area contributed by atoms with Gasteiger partial charge in [0.2, 0.25) is 0 Å². The van der Waals surface area contributed by atoms with Crippen molar-refractivity contribution in [3.63, 3.8) is 0 Å². The molecule has 0 aliphatic heterocycles. The maximum absolute atomic E-state index is 0. The Morgan fingerprint density at radius 1 is 0.0196 bits per heavy atom. The standard InChI is InChI=1S/94Hf.8O/q94*+4;8*-2. The Kier molecular flexibility index (Phi) is 8170. The third kappa shape index (κ3) is 890. The second-order valence-corrected chi connectivity index (χ2v) is 0. The molecule has 0 saturated carbocycles. The van der Waals surface area contributed by atoms with Crippen molar-refractivity contribution in [2.45, 2.75) is 0 Å². The monoisotopic (exact) mass is 17000 g/mol. The molecule has 0 N–H and O–H groups in total. The van der Waals surface area contributed by atoms with Crippen LogP contribution in [0.4, 0.5) is 0 Å². The summed E-state index contributed by atoms with van der Waals surface area (Å²) in [5.74, 6) is 0. The second-order valence-electron chi connectivity index (χ2n) is 0. The van der Waals surface area contributed by atoms with Crippen LogP contribution < -0.4 is 0 Å². The summed E-state index contributed by atoms with van der Waals surface area (Å²) in [4.78, 5) is 0. The average Bonchev–Trinajstić information content (AvgIpc) is 0. The van der Waals surface area contributed by atoms with Gasteiger partial charge in [-0.1, -0.05) is 0 Å². The zero-order valence-corrected chi connectivity index (χ0v) is 388. The third-order valence-corrected chi connectivity index (χ3v) is 0. The van der Waals surface area contributed by atoms with E-state index in [1.165, 1.54) is 0 Å².